The molecule has 3 saturated heterocycles. The minimum absolute atomic E-state index is 0. The molecule has 0 amide bonds. The molecule has 4 rings (SSSR count). The van der Waals surface area contributed by atoms with Crippen molar-refractivity contribution in [2.75, 3.05) is 72.1 Å². The van der Waals surface area contributed by atoms with Crippen molar-refractivity contribution < 1.29 is 4.74 Å². The zero-order valence-electron chi connectivity index (χ0n) is 19.8. The predicted molar refractivity (Wildman–Crippen MR) is 140 cm³/mol. The smallest absolute Gasteiger partial charge is 0.193 e. The summed E-state index contributed by atoms with van der Waals surface area (Å²) in [5, 5.41) is 3.59. The number of likely N-dealkylation sites (tertiary alicyclic amines) is 2. The third kappa shape index (κ3) is 7.71. The second-order valence-electron chi connectivity index (χ2n) is 10.0. The highest BCUT2D eigenvalue weighted by Gasteiger charge is 2.29. The Morgan fingerprint density at radius 3 is 2.48 bits per heavy atom. The standard InChI is InChI=1S/C24H45N5O.HI/c1-2-25-24(29-12-10-22(20-29)18-27-13-15-30-16-14-27)26-17-23-9-6-11-28(23)19-21-7-4-3-5-8-21;/h21-23H,2-20H2,1H3,(H,25,26);1H. The van der Waals surface area contributed by atoms with E-state index in [0.717, 1.165) is 70.3 Å². The van der Waals surface area contributed by atoms with Gasteiger partial charge in [-0.25, -0.2) is 0 Å². The summed E-state index contributed by atoms with van der Waals surface area (Å²) in [6, 6.07) is 0.660. The van der Waals surface area contributed by atoms with E-state index in [4.69, 9.17) is 9.73 Å². The maximum absolute atomic E-state index is 5.51. The van der Waals surface area contributed by atoms with E-state index in [9.17, 15) is 0 Å². The van der Waals surface area contributed by atoms with Gasteiger partial charge in [-0.1, -0.05) is 19.3 Å². The van der Waals surface area contributed by atoms with Crippen LogP contribution in [-0.2, 0) is 4.74 Å². The lowest BCUT2D eigenvalue weighted by atomic mass is 9.89. The number of nitrogens with zero attached hydrogens (tertiary/aromatic N) is 4. The van der Waals surface area contributed by atoms with Crippen LogP contribution in [0, 0.1) is 11.8 Å². The summed E-state index contributed by atoms with van der Waals surface area (Å²) in [5.41, 5.74) is 0. The van der Waals surface area contributed by atoms with Gasteiger partial charge < -0.3 is 15.0 Å². The van der Waals surface area contributed by atoms with E-state index in [1.807, 2.05) is 0 Å². The van der Waals surface area contributed by atoms with Crippen molar-refractivity contribution in [2.24, 2.45) is 16.8 Å². The van der Waals surface area contributed by atoms with Gasteiger partial charge in [0.05, 0.1) is 19.8 Å². The average molecular weight is 548 g/mol. The predicted octanol–water partition coefficient (Wildman–Crippen LogP) is 3.27. The zero-order chi connectivity index (χ0) is 20.6. The summed E-state index contributed by atoms with van der Waals surface area (Å²) in [5.74, 6) is 2.86. The first kappa shape index (κ1) is 25.5. The molecule has 1 N–H and O–H groups in total. The molecule has 0 bridgehead atoms. The molecule has 3 heterocycles. The topological polar surface area (TPSA) is 43.3 Å². The number of ether oxygens (including phenoxy) is 1. The van der Waals surface area contributed by atoms with Crippen molar-refractivity contribution in [3.63, 3.8) is 0 Å². The van der Waals surface area contributed by atoms with E-state index in [2.05, 4.69) is 26.9 Å². The van der Waals surface area contributed by atoms with Gasteiger partial charge in [0.25, 0.3) is 0 Å². The van der Waals surface area contributed by atoms with Crippen LogP contribution in [0.5, 0.6) is 0 Å². The van der Waals surface area contributed by atoms with Gasteiger partial charge in [0, 0.05) is 51.9 Å². The van der Waals surface area contributed by atoms with Crippen LogP contribution in [0.3, 0.4) is 0 Å². The molecule has 31 heavy (non-hydrogen) atoms. The number of nitrogens with one attached hydrogen (secondary N) is 1. The number of hydrogen-bond acceptors (Lipinski definition) is 4. The molecule has 1 aliphatic carbocycles. The van der Waals surface area contributed by atoms with Crippen LogP contribution < -0.4 is 5.32 Å². The van der Waals surface area contributed by atoms with Crippen LogP contribution in [-0.4, -0.2) is 98.8 Å². The minimum Gasteiger partial charge on any atom is -0.379 e. The third-order valence-electron chi connectivity index (χ3n) is 7.71. The van der Waals surface area contributed by atoms with Gasteiger partial charge in [0.2, 0.25) is 0 Å². The molecule has 7 heteroatoms. The fourth-order valence-electron chi connectivity index (χ4n) is 5.98. The maximum atomic E-state index is 5.51. The number of guanidine groups is 1. The van der Waals surface area contributed by atoms with Crippen molar-refractivity contribution >= 4 is 29.9 Å². The van der Waals surface area contributed by atoms with Crippen molar-refractivity contribution in [3.05, 3.63) is 0 Å². The zero-order valence-corrected chi connectivity index (χ0v) is 22.1. The normalized spacial score (nSPS) is 29.3. The molecule has 3 aliphatic heterocycles. The average Bonchev–Trinajstić information content (AvgIpc) is 3.42. The van der Waals surface area contributed by atoms with E-state index in [1.54, 1.807) is 0 Å². The highest BCUT2D eigenvalue weighted by Crippen LogP contribution is 2.28. The molecule has 2 unspecified atom stereocenters. The van der Waals surface area contributed by atoms with Crippen LogP contribution in [0.15, 0.2) is 4.99 Å². The summed E-state index contributed by atoms with van der Waals surface area (Å²) >= 11 is 0. The Kier molecular flexibility index (Phi) is 11.2. The van der Waals surface area contributed by atoms with Gasteiger partial charge >= 0.3 is 0 Å². The van der Waals surface area contributed by atoms with Crippen LogP contribution in [0.4, 0.5) is 0 Å². The highest BCUT2D eigenvalue weighted by molar-refractivity contribution is 14.0. The van der Waals surface area contributed by atoms with Crippen molar-refractivity contribution in [1.29, 1.82) is 0 Å². The molecule has 6 nitrogen and oxygen atoms in total. The molecule has 0 spiro atoms. The fourth-order valence-corrected chi connectivity index (χ4v) is 5.98. The molecule has 0 aromatic heterocycles. The van der Waals surface area contributed by atoms with Gasteiger partial charge in [-0.05, 0) is 57.4 Å². The molecule has 0 radical (unpaired) electrons. The quantitative estimate of drug-likeness (QED) is 0.301. The molecule has 0 aromatic rings. The molecule has 2 atom stereocenters. The Labute approximate surface area is 207 Å². The summed E-state index contributed by atoms with van der Waals surface area (Å²) in [7, 11) is 0. The molecule has 180 valence electrons. The molecular weight excluding hydrogens is 501 g/mol. The van der Waals surface area contributed by atoms with E-state index in [-0.39, 0.29) is 24.0 Å². The maximum Gasteiger partial charge on any atom is 0.193 e. The largest absolute Gasteiger partial charge is 0.379 e. The van der Waals surface area contributed by atoms with Crippen molar-refractivity contribution in [2.45, 2.75) is 64.3 Å². The lowest BCUT2D eigenvalue weighted by Gasteiger charge is -2.31. The molecular formula is C24H46IN5O. The van der Waals surface area contributed by atoms with Gasteiger partial charge in [-0.15, -0.1) is 24.0 Å². The SMILES string of the molecule is CCNC(=NCC1CCCN1CC1CCCCC1)N1CCC(CN2CCOCC2)C1.I. The number of hydrogen-bond donors (Lipinski definition) is 1. The first-order valence-corrected chi connectivity index (χ1v) is 12.9. The van der Waals surface area contributed by atoms with Crippen LogP contribution in [0.2, 0.25) is 0 Å². The van der Waals surface area contributed by atoms with Gasteiger partial charge in [0.1, 0.15) is 0 Å². The first-order valence-electron chi connectivity index (χ1n) is 12.9. The highest BCUT2D eigenvalue weighted by atomic mass is 127. The van der Waals surface area contributed by atoms with E-state index in [0.29, 0.717) is 6.04 Å². The summed E-state index contributed by atoms with van der Waals surface area (Å²) in [6.45, 7) is 14.3. The number of morpholine rings is 1. The number of halogens is 1. The molecule has 4 aliphatic rings. The lowest BCUT2D eigenvalue weighted by Crippen LogP contribution is -2.43. The third-order valence-corrected chi connectivity index (χ3v) is 7.71. The number of aliphatic imine (C=N–C) groups is 1. The minimum atomic E-state index is 0. The van der Waals surface area contributed by atoms with E-state index >= 15 is 0 Å². The first-order chi connectivity index (χ1) is 14.8. The van der Waals surface area contributed by atoms with Gasteiger partial charge in [-0.3, -0.25) is 14.8 Å². The van der Waals surface area contributed by atoms with Crippen LogP contribution in [0.1, 0.15) is 58.3 Å². The van der Waals surface area contributed by atoms with E-state index < -0.39 is 0 Å². The summed E-state index contributed by atoms with van der Waals surface area (Å²) in [6.07, 6.45) is 11.2. The Bertz CT molecular complexity index is 536. The summed E-state index contributed by atoms with van der Waals surface area (Å²) in [4.78, 5) is 13.0. The fraction of sp³-hybridized carbons (Fsp3) is 0.958. The van der Waals surface area contributed by atoms with Crippen LogP contribution >= 0.6 is 24.0 Å². The Hall–Kier alpha value is -0.120. The van der Waals surface area contributed by atoms with Gasteiger partial charge in [-0.2, -0.15) is 0 Å². The lowest BCUT2D eigenvalue weighted by molar-refractivity contribution is 0.0315. The molecule has 4 fully saturated rings. The Balaban J connectivity index is 0.00000272. The molecule has 0 aromatic carbocycles. The molecule has 1 saturated carbocycles. The monoisotopic (exact) mass is 547 g/mol. The summed E-state index contributed by atoms with van der Waals surface area (Å²) < 4.78 is 5.51. The van der Waals surface area contributed by atoms with Crippen LogP contribution in [0.25, 0.3) is 0 Å². The Morgan fingerprint density at radius 2 is 1.71 bits per heavy atom. The second kappa shape index (κ2) is 13.6. The number of rotatable bonds is 7. The Morgan fingerprint density at radius 1 is 0.903 bits per heavy atom. The van der Waals surface area contributed by atoms with Crippen molar-refractivity contribution in [3.8, 4) is 0 Å². The van der Waals surface area contributed by atoms with E-state index in [1.165, 1.54) is 71.0 Å². The van der Waals surface area contributed by atoms with Crippen molar-refractivity contribution in [1.82, 2.24) is 20.0 Å². The van der Waals surface area contributed by atoms with Gasteiger partial charge in [0.15, 0.2) is 5.96 Å². The second-order valence-corrected chi connectivity index (χ2v) is 10.0.